The number of benzene rings is 2. The smallest absolute Gasteiger partial charge is 0.337 e. The molecule has 3 aromatic rings. The lowest BCUT2D eigenvalue weighted by Crippen LogP contribution is -2.12. The molecular weight excluding hydrogens is 316 g/mol. The molecule has 25 heavy (non-hydrogen) atoms. The van der Waals surface area contributed by atoms with Gasteiger partial charge in [0.15, 0.2) is 0 Å². The molecular formula is C19H20N4O2. The van der Waals surface area contributed by atoms with Crippen LogP contribution in [0.15, 0.2) is 48.5 Å². The molecule has 0 aliphatic carbocycles. The largest absolute Gasteiger partial charge is 0.465 e. The fourth-order valence-electron chi connectivity index (χ4n) is 2.49. The van der Waals surface area contributed by atoms with Gasteiger partial charge in [-0.05, 0) is 44.2 Å². The summed E-state index contributed by atoms with van der Waals surface area (Å²) in [7, 11) is 1.36. The molecule has 0 aliphatic rings. The number of methoxy groups -OCH3 is 1. The lowest BCUT2D eigenvalue weighted by molar-refractivity contribution is 0.0601. The van der Waals surface area contributed by atoms with Gasteiger partial charge in [0.1, 0.15) is 5.82 Å². The number of aromatic nitrogens is 2. The van der Waals surface area contributed by atoms with Crippen LogP contribution in [-0.2, 0) is 4.74 Å². The van der Waals surface area contributed by atoms with E-state index in [0.717, 1.165) is 16.7 Å². The second-order valence-electron chi connectivity index (χ2n) is 5.91. The van der Waals surface area contributed by atoms with Crippen molar-refractivity contribution in [2.24, 2.45) is 0 Å². The lowest BCUT2D eigenvalue weighted by atomic mass is 10.2. The SMILES string of the molecule is COC(=O)c1cccc(Nc2nc(NC(C)C)c3ccccc3n2)c1. The molecule has 0 atom stereocenters. The van der Waals surface area contributed by atoms with Crippen molar-refractivity contribution in [1.29, 1.82) is 0 Å². The van der Waals surface area contributed by atoms with Crippen molar-refractivity contribution in [2.45, 2.75) is 19.9 Å². The number of carbonyl (C=O) groups excluding carboxylic acids is 1. The number of ether oxygens (including phenoxy) is 1. The topological polar surface area (TPSA) is 76.1 Å². The molecule has 1 aromatic heterocycles. The Morgan fingerprint density at radius 1 is 1.08 bits per heavy atom. The molecule has 0 radical (unpaired) electrons. The maximum absolute atomic E-state index is 11.7. The summed E-state index contributed by atoms with van der Waals surface area (Å²) in [6.45, 7) is 4.12. The van der Waals surface area contributed by atoms with Gasteiger partial charge < -0.3 is 15.4 Å². The number of hydrogen-bond acceptors (Lipinski definition) is 6. The van der Waals surface area contributed by atoms with Gasteiger partial charge in [0, 0.05) is 17.1 Å². The standard InChI is InChI=1S/C19H20N4O2/c1-12(2)20-17-15-9-4-5-10-16(15)22-19(23-17)21-14-8-6-7-13(11-14)18(24)25-3/h4-12H,1-3H3,(H2,20,21,22,23). The van der Waals surface area contributed by atoms with Gasteiger partial charge in [0.25, 0.3) is 0 Å². The number of rotatable bonds is 5. The minimum absolute atomic E-state index is 0.244. The molecule has 6 nitrogen and oxygen atoms in total. The summed E-state index contributed by atoms with van der Waals surface area (Å²) in [5.41, 5.74) is 2.02. The Labute approximate surface area is 146 Å². The molecule has 0 aliphatic heterocycles. The predicted molar refractivity (Wildman–Crippen MR) is 99.4 cm³/mol. The van der Waals surface area contributed by atoms with Crippen LogP contribution < -0.4 is 10.6 Å². The van der Waals surface area contributed by atoms with Crippen LogP contribution in [-0.4, -0.2) is 29.1 Å². The van der Waals surface area contributed by atoms with Gasteiger partial charge in [0.05, 0.1) is 18.2 Å². The van der Waals surface area contributed by atoms with E-state index in [4.69, 9.17) is 4.74 Å². The Morgan fingerprint density at radius 2 is 1.88 bits per heavy atom. The van der Waals surface area contributed by atoms with Crippen LogP contribution in [0.25, 0.3) is 10.9 Å². The minimum Gasteiger partial charge on any atom is -0.465 e. The number of esters is 1. The van der Waals surface area contributed by atoms with E-state index in [1.54, 1.807) is 18.2 Å². The highest BCUT2D eigenvalue weighted by Gasteiger charge is 2.10. The van der Waals surface area contributed by atoms with Crippen LogP contribution in [0.2, 0.25) is 0 Å². The number of carbonyl (C=O) groups is 1. The first-order valence-corrected chi connectivity index (χ1v) is 8.05. The summed E-state index contributed by atoms with van der Waals surface area (Å²) >= 11 is 0. The normalized spacial score (nSPS) is 10.7. The molecule has 0 saturated heterocycles. The monoisotopic (exact) mass is 336 g/mol. The average molecular weight is 336 g/mol. The predicted octanol–water partition coefficient (Wildman–Crippen LogP) is 3.98. The summed E-state index contributed by atoms with van der Waals surface area (Å²) in [6, 6.07) is 15.1. The molecule has 128 valence electrons. The maximum Gasteiger partial charge on any atom is 0.337 e. The summed E-state index contributed by atoms with van der Waals surface area (Å²) in [5, 5.41) is 7.47. The molecule has 0 bridgehead atoms. The van der Waals surface area contributed by atoms with E-state index in [-0.39, 0.29) is 12.0 Å². The molecule has 2 N–H and O–H groups in total. The zero-order valence-corrected chi connectivity index (χ0v) is 14.4. The molecule has 0 amide bonds. The fourth-order valence-corrected chi connectivity index (χ4v) is 2.49. The average Bonchev–Trinajstić information content (AvgIpc) is 2.61. The van der Waals surface area contributed by atoms with E-state index < -0.39 is 0 Å². The summed E-state index contributed by atoms with van der Waals surface area (Å²) < 4.78 is 4.75. The Morgan fingerprint density at radius 3 is 2.64 bits per heavy atom. The first kappa shape index (κ1) is 16.7. The van der Waals surface area contributed by atoms with Crippen LogP contribution >= 0.6 is 0 Å². The molecule has 3 rings (SSSR count). The number of nitrogens with one attached hydrogen (secondary N) is 2. The van der Waals surface area contributed by atoms with Crippen molar-refractivity contribution in [3.63, 3.8) is 0 Å². The van der Waals surface area contributed by atoms with E-state index in [1.165, 1.54) is 7.11 Å². The van der Waals surface area contributed by atoms with E-state index >= 15 is 0 Å². The third-order valence-corrected chi connectivity index (χ3v) is 3.57. The van der Waals surface area contributed by atoms with Crippen LogP contribution in [0.5, 0.6) is 0 Å². The van der Waals surface area contributed by atoms with Crippen molar-refractivity contribution in [2.75, 3.05) is 17.7 Å². The third-order valence-electron chi connectivity index (χ3n) is 3.57. The molecule has 6 heteroatoms. The highest BCUT2D eigenvalue weighted by molar-refractivity contribution is 5.91. The number of para-hydroxylation sites is 1. The first-order valence-electron chi connectivity index (χ1n) is 8.05. The second kappa shape index (κ2) is 7.17. The van der Waals surface area contributed by atoms with Crippen LogP contribution in [0.3, 0.4) is 0 Å². The number of anilines is 3. The van der Waals surface area contributed by atoms with Gasteiger partial charge >= 0.3 is 5.97 Å². The summed E-state index contributed by atoms with van der Waals surface area (Å²) in [6.07, 6.45) is 0. The van der Waals surface area contributed by atoms with Crippen molar-refractivity contribution in [1.82, 2.24) is 9.97 Å². The van der Waals surface area contributed by atoms with Crippen molar-refractivity contribution in [3.8, 4) is 0 Å². The summed E-state index contributed by atoms with van der Waals surface area (Å²) in [5.74, 6) is 0.848. The highest BCUT2D eigenvalue weighted by Crippen LogP contribution is 2.24. The molecule has 0 spiro atoms. The number of fused-ring (bicyclic) bond motifs is 1. The Kier molecular flexibility index (Phi) is 4.79. The van der Waals surface area contributed by atoms with Crippen molar-refractivity contribution >= 4 is 34.3 Å². The minimum atomic E-state index is -0.384. The van der Waals surface area contributed by atoms with Crippen molar-refractivity contribution < 1.29 is 9.53 Å². The fraction of sp³-hybridized carbons (Fsp3) is 0.211. The quantitative estimate of drug-likeness (QED) is 0.686. The molecule has 2 aromatic carbocycles. The number of hydrogen-bond donors (Lipinski definition) is 2. The van der Waals surface area contributed by atoms with Crippen LogP contribution in [0.4, 0.5) is 17.5 Å². The number of nitrogens with zero attached hydrogens (tertiary/aromatic N) is 2. The molecule has 0 unspecified atom stereocenters. The summed E-state index contributed by atoms with van der Waals surface area (Å²) in [4.78, 5) is 20.8. The first-order chi connectivity index (χ1) is 12.1. The maximum atomic E-state index is 11.7. The van der Waals surface area contributed by atoms with E-state index in [1.807, 2.05) is 30.3 Å². The van der Waals surface area contributed by atoms with Gasteiger partial charge in [-0.1, -0.05) is 18.2 Å². The van der Waals surface area contributed by atoms with Gasteiger partial charge in [-0.25, -0.2) is 9.78 Å². The molecule has 0 saturated carbocycles. The van der Waals surface area contributed by atoms with Crippen LogP contribution in [0, 0.1) is 0 Å². The zero-order valence-electron chi connectivity index (χ0n) is 14.4. The Balaban J connectivity index is 1.97. The third kappa shape index (κ3) is 3.85. The van der Waals surface area contributed by atoms with Gasteiger partial charge in [0.2, 0.25) is 5.95 Å². The van der Waals surface area contributed by atoms with E-state index in [9.17, 15) is 4.79 Å². The van der Waals surface area contributed by atoms with Gasteiger partial charge in [-0.15, -0.1) is 0 Å². The van der Waals surface area contributed by atoms with Crippen LogP contribution in [0.1, 0.15) is 24.2 Å². The van der Waals surface area contributed by atoms with Gasteiger partial charge in [-0.3, -0.25) is 0 Å². The second-order valence-corrected chi connectivity index (χ2v) is 5.91. The van der Waals surface area contributed by atoms with E-state index in [2.05, 4.69) is 34.4 Å². The molecule has 0 fully saturated rings. The Bertz CT molecular complexity index is 909. The lowest BCUT2D eigenvalue weighted by Gasteiger charge is -2.14. The highest BCUT2D eigenvalue weighted by atomic mass is 16.5. The Hall–Kier alpha value is -3.15. The van der Waals surface area contributed by atoms with Gasteiger partial charge in [-0.2, -0.15) is 4.98 Å². The zero-order chi connectivity index (χ0) is 17.8. The van der Waals surface area contributed by atoms with E-state index in [0.29, 0.717) is 17.2 Å². The van der Waals surface area contributed by atoms with Crippen molar-refractivity contribution in [3.05, 3.63) is 54.1 Å². The molecule has 1 heterocycles.